The van der Waals surface area contributed by atoms with Crippen molar-refractivity contribution in [1.82, 2.24) is 4.98 Å². The number of esters is 1. The van der Waals surface area contributed by atoms with Crippen molar-refractivity contribution in [3.05, 3.63) is 68.3 Å². The highest BCUT2D eigenvalue weighted by Gasteiger charge is 2.23. The van der Waals surface area contributed by atoms with Crippen molar-refractivity contribution < 1.29 is 18.3 Å². The van der Waals surface area contributed by atoms with Gasteiger partial charge < -0.3 is 9.72 Å². The van der Waals surface area contributed by atoms with E-state index in [1.807, 2.05) is 0 Å². The quantitative estimate of drug-likeness (QED) is 0.668. The van der Waals surface area contributed by atoms with Gasteiger partial charge >= 0.3 is 5.97 Å². The Bertz CT molecular complexity index is 1030. The second-order valence-electron chi connectivity index (χ2n) is 5.01. The highest BCUT2D eigenvalue weighted by molar-refractivity contribution is 9.10. The number of H-pyrrole nitrogens is 1. The molecule has 122 valence electrons. The normalized spacial score (nSPS) is 10.8. The summed E-state index contributed by atoms with van der Waals surface area (Å²) in [6, 6.07) is 7.56. The fourth-order valence-corrected chi connectivity index (χ4v) is 2.81. The fourth-order valence-electron chi connectivity index (χ4n) is 2.45. The van der Waals surface area contributed by atoms with Gasteiger partial charge in [-0.25, -0.2) is 13.6 Å². The van der Waals surface area contributed by atoms with Gasteiger partial charge in [-0.3, -0.25) is 4.79 Å². The lowest BCUT2D eigenvalue weighted by atomic mass is 10.0. The first-order valence-corrected chi connectivity index (χ1v) is 7.61. The molecule has 0 atom stereocenters. The number of fused-ring (bicyclic) bond motifs is 1. The van der Waals surface area contributed by atoms with Crippen LogP contribution < -0.4 is 5.43 Å². The zero-order valence-corrected chi connectivity index (χ0v) is 13.9. The van der Waals surface area contributed by atoms with Crippen molar-refractivity contribution in [1.29, 1.82) is 0 Å². The Balaban J connectivity index is 2.47. The zero-order chi connectivity index (χ0) is 17.4. The van der Waals surface area contributed by atoms with Crippen molar-refractivity contribution in [3.8, 4) is 11.3 Å². The summed E-state index contributed by atoms with van der Waals surface area (Å²) in [5.41, 5.74) is -0.983. The Kier molecular flexibility index (Phi) is 4.19. The Labute approximate surface area is 143 Å². The number of benzene rings is 2. The lowest BCUT2D eigenvalue weighted by Gasteiger charge is -2.11. The van der Waals surface area contributed by atoms with Gasteiger partial charge in [0.1, 0.15) is 17.2 Å². The summed E-state index contributed by atoms with van der Waals surface area (Å²) in [6.45, 7) is 0. The molecule has 0 unspecified atom stereocenters. The first-order valence-electron chi connectivity index (χ1n) is 6.81. The molecule has 2 aromatic carbocycles. The minimum atomic E-state index is -0.931. The smallest absolute Gasteiger partial charge is 0.344 e. The molecule has 0 aliphatic heterocycles. The average molecular weight is 394 g/mol. The summed E-state index contributed by atoms with van der Waals surface area (Å²) in [5.74, 6) is -2.40. The van der Waals surface area contributed by atoms with E-state index in [2.05, 4.69) is 25.7 Å². The molecule has 3 aromatic rings. The Morgan fingerprint density at radius 1 is 1.17 bits per heavy atom. The van der Waals surface area contributed by atoms with E-state index in [9.17, 15) is 18.4 Å². The minimum absolute atomic E-state index is 0.130. The van der Waals surface area contributed by atoms with E-state index in [0.29, 0.717) is 9.99 Å². The molecule has 3 rings (SSSR count). The highest BCUT2D eigenvalue weighted by atomic mass is 79.9. The standard InChI is InChI=1S/C17H10BrF2NO3/c1-24-17(23)14-15(11-7-9(19)3-5-12(11)20)21-13-6-8(18)2-4-10(13)16(14)22/h2-7H,1H3,(H,21,22). The highest BCUT2D eigenvalue weighted by Crippen LogP contribution is 2.27. The summed E-state index contributed by atoms with van der Waals surface area (Å²) < 4.78 is 33.0. The maximum Gasteiger partial charge on any atom is 0.344 e. The maximum atomic E-state index is 14.2. The van der Waals surface area contributed by atoms with Crippen molar-refractivity contribution in [3.63, 3.8) is 0 Å². The third kappa shape index (κ3) is 2.71. The first-order chi connectivity index (χ1) is 11.4. The monoisotopic (exact) mass is 393 g/mol. The number of halogens is 3. The Hall–Kier alpha value is -2.54. The summed E-state index contributed by atoms with van der Waals surface area (Å²) in [6.07, 6.45) is 0. The number of pyridine rings is 1. The molecule has 0 aliphatic rings. The average Bonchev–Trinajstić information content (AvgIpc) is 2.56. The molecule has 7 heteroatoms. The topological polar surface area (TPSA) is 59.2 Å². The molecule has 0 amide bonds. The molecule has 4 nitrogen and oxygen atoms in total. The van der Waals surface area contributed by atoms with Gasteiger partial charge in [0.15, 0.2) is 0 Å². The number of aromatic amines is 1. The van der Waals surface area contributed by atoms with Crippen LogP contribution in [0, 0.1) is 11.6 Å². The van der Waals surface area contributed by atoms with Crippen LogP contribution in [0.15, 0.2) is 45.7 Å². The van der Waals surface area contributed by atoms with Crippen molar-refractivity contribution in [2.45, 2.75) is 0 Å². The van der Waals surface area contributed by atoms with E-state index in [0.717, 1.165) is 25.3 Å². The maximum absolute atomic E-state index is 14.2. The fraction of sp³-hybridized carbons (Fsp3) is 0.0588. The van der Waals surface area contributed by atoms with Crippen LogP contribution in [0.25, 0.3) is 22.2 Å². The van der Waals surface area contributed by atoms with E-state index < -0.39 is 23.0 Å². The number of carbonyl (C=O) groups excluding carboxylic acids is 1. The van der Waals surface area contributed by atoms with Crippen LogP contribution in [0.2, 0.25) is 0 Å². The zero-order valence-electron chi connectivity index (χ0n) is 12.3. The number of methoxy groups -OCH3 is 1. The largest absolute Gasteiger partial charge is 0.465 e. The van der Waals surface area contributed by atoms with Gasteiger partial charge in [0.05, 0.1) is 18.3 Å². The van der Waals surface area contributed by atoms with Crippen molar-refractivity contribution in [2.75, 3.05) is 7.11 Å². The van der Waals surface area contributed by atoms with E-state index in [-0.39, 0.29) is 22.2 Å². The molecule has 0 radical (unpaired) electrons. The summed E-state index contributed by atoms with van der Waals surface area (Å²) in [5, 5.41) is 0.235. The minimum Gasteiger partial charge on any atom is -0.465 e. The Morgan fingerprint density at radius 2 is 1.92 bits per heavy atom. The van der Waals surface area contributed by atoms with Crippen LogP contribution in [-0.2, 0) is 4.74 Å². The summed E-state index contributed by atoms with van der Waals surface area (Å²) in [7, 11) is 1.11. The second-order valence-corrected chi connectivity index (χ2v) is 5.93. The molecule has 1 N–H and O–H groups in total. The molecule has 1 heterocycles. The number of hydrogen-bond acceptors (Lipinski definition) is 3. The van der Waals surface area contributed by atoms with Crippen LogP contribution in [0.1, 0.15) is 10.4 Å². The van der Waals surface area contributed by atoms with Gasteiger partial charge in [-0.1, -0.05) is 15.9 Å². The predicted octanol–water partition coefficient (Wildman–Crippen LogP) is 4.02. The van der Waals surface area contributed by atoms with E-state index in [4.69, 9.17) is 0 Å². The molecule has 0 spiro atoms. The van der Waals surface area contributed by atoms with E-state index >= 15 is 0 Å². The molecule has 0 aliphatic carbocycles. The Morgan fingerprint density at radius 3 is 2.62 bits per heavy atom. The number of ether oxygens (including phenoxy) is 1. The molecule has 0 saturated carbocycles. The molecular formula is C17H10BrF2NO3. The number of rotatable bonds is 2. The van der Waals surface area contributed by atoms with Crippen LogP contribution in [0.4, 0.5) is 8.78 Å². The van der Waals surface area contributed by atoms with Crippen LogP contribution in [-0.4, -0.2) is 18.1 Å². The van der Waals surface area contributed by atoms with E-state index in [1.54, 1.807) is 12.1 Å². The number of nitrogens with one attached hydrogen (secondary N) is 1. The molecular weight excluding hydrogens is 384 g/mol. The van der Waals surface area contributed by atoms with E-state index in [1.165, 1.54) is 6.07 Å². The number of aromatic nitrogens is 1. The van der Waals surface area contributed by atoms with Crippen LogP contribution in [0.3, 0.4) is 0 Å². The van der Waals surface area contributed by atoms with Crippen LogP contribution in [0.5, 0.6) is 0 Å². The summed E-state index contributed by atoms with van der Waals surface area (Å²) in [4.78, 5) is 27.6. The second kappa shape index (κ2) is 6.16. The van der Waals surface area contributed by atoms with Crippen molar-refractivity contribution >= 4 is 32.8 Å². The lowest BCUT2D eigenvalue weighted by Crippen LogP contribution is -2.20. The van der Waals surface area contributed by atoms with Gasteiger partial charge in [-0.05, 0) is 36.4 Å². The molecule has 1 aromatic heterocycles. The lowest BCUT2D eigenvalue weighted by molar-refractivity contribution is 0.0600. The third-order valence-electron chi connectivity index (χ3n) is 3.55. The third-order valence-corrected chi connectivity index (χ3v) is 4.04. The molecule has 24 heavy (non-hydrogen) atoms. The number of hydrogen-bond donors (Lipinski definition) is 1. The van der Waals surface area contributed by atoms with Gasteiger partial charge in [0, 0.05) is 15.4 Å². The molecule has 0 saturated heterocycles. The molecule has 0 bridgehead atoms. The first kappa shape index (κ1) is 16.3. The number of carbonyl (C=O) groups is 1. The predicted molar refractivity (Wildman–Crippen MR) is 89.0 cm³/mol. The van der Waals surface area contributed by atoms with Gasteiger partial charge in [0.25, 0.3) is 0 Å². The van der Waals surface area contributed by atoms with Gasteiger partial charge in [-0.2, -0.15) is 0 Å². The van der Waals surface area contributed by atoms with Gasteiger partial charge in [0.2, 0.25) is 5.43 Å². The van der Waals surface area contributed by atoms with Gasteiger partial charge in [-0.15, -0.1) is 0 Å². The van der Waals surface area contributed by atoms with Crippen LogP contribution >= 0.6 is 15.9 Å². The summed E-state index contributed by atoms with van der Waals surface area (Å²) >= 11 is 3.28. The SMILES string of the molecule is COC(=O)c1c(-c2cc(F)ccc2F)[nH]c2cc(Br)ccc2c1=O. The van der Waals surface area contributed by atoms with Crippen molar-refractivity contribution in [2.24, 2.45) is 0 Å². The molecule has 0 fully saturated rings.